The maximum Gasteiger partial charge on any atom is 0.0956 e. The fraction of sp³-hybridized carbons (Fsp3) is 0.400. The molecule has 0 bridgehead atoms. The Hall–Kier alpha value is -1.33. The topological polar surface area (TPSA) is 51.4 Å². The van der Waals surface area contributed by atoms with E-state index in [0.717, 1.165) is 52.8 Å². The summed E-state index contributed by atoms with van der Waals surface area (Å²) in [6.45, 7) is 1.67. The Morgan fingerprint density at radius 2 is 2.10 bits per heavy atom. The molecule has 1 aromatic carbocycles. The highest BCUT2D eigenvalue weighted by molar-refractivity contribution is 9.10. The minimum atomic E-state index is 0.501. The van der Waals surface area contributed by atoms with Crippen LogP contribution in [0, 0.1) is 0 Å². The zero-order valence-electron chi connectivity index (χ0n) is 11.5. The van der Waals surface area contributed by atoms with Crippen LogP contribution in [0.1, 0.15) is 12.8 Å². The molecule has 2 aromatic rings. The molecule has 2 heterocycles. The van der Waals surface area contributed by atoms with E-state index in [2.05, 4.69) is 38.9 Å². The lowest BCUT2D eigenvalue weighted by Crippen LogP contribution is -2.36. The summed E-state index contributed by atoms with van der Waals surface area (Å²) < 4.78 is 6.39. The fourth-order valence-corrected chi connectivity index (χ4v) is 3.09. The third-order valence-electron chi connectivity index (χ3n) is 3.95. The van der Waals surface area contributed by atoms with Crippen molar-refractivity contribution < 1.29 is 4.74 Å². The van der Waals surface area contributed by atoms with Gasteiger partial charge in [0.15, 0.2) is 0 Å². The normalized spacial score (nSPS) is 16.5. The number of fused-ring (bicyclic) bond motifs is 1. The Balaban J connectivity index is 2.04. The van der Waals surface area contributed by atoms with Gasteiger partial charge in [0.05, 0.1) is 11.2 Å². The Bertz CT molecular complexity index is 626. The number of nitrogen functional groups attached to an aromatic ring is 1. The van der Waals surface area contributed by atoms with Gasteiger partial charge < -0.3 is 15.4 Å². The van der Waals surface area contributed by atoms with Gasteiger partial charge in [0.25, 0.3) is 0 Å². The van der Waals surface area contributed by atoms with Crippen molar-refractivity contribution in [3.8, 4) is 0 Å². The first-order valence-electron chi connectivity index (χ1n) is 6.81. The van der Waals surface area contributed by atoms with E-state index in [4.69, 9.17) is 10.5 Å². The van der Waals surface area contributed by atoms with Crippen LogP contribution < -0.4 is 10.6 Å². The number of rotatable bonds is 2. The van der Waals surface area contributed by atoms with E-state index in [1.165, 1.54) is 0 Å². The largest absolute Gasteiger partial charge is 0.398 e. The van der Waals surface area contributed by atoms with Gasteiger partial charge in [0.1, 0.15) is 0 Å². The SMILES string of the molecule is CN(c1ccc(N)c2cc(Br)cnc12)C1CCOCC1. The van der Waals surface area contributed by atoms with E-state index >= 15 is 0 Å². The third kappa shape index (κ3) is 2.47. The summed E-state index contributed by atoms with van der Waals surface area (Å²) in [6.07, 6.45) is 3.93. The van der Waals surface area contributed by atoms with E-state index in [-0.39, 0.29) is 0 Å². The molecular weight excluding hydrogens is 318 g/mol. The number of pyridine rings is 1. The summed E-state index contributed by atoms with van der Waals surface area (Å²) in [7, 11) is 2.13. The van der Waals surface area contributed by atoms with Gasteiger partial charge >= 0.3 is 0 Å². The van der Waals surface area contributed by atoms with Crippen molar-refractivity contribution in [3.05, 3.63) is 28.9 Å². The number of benzene rings is 1. The molecule has 0 amide bonds. The Morgan fingerprint density at radius 3 is 2.85 bits per heavy atom. The van der Waals surface area contributed by atoms with Gasteiger partial charge in [-0.1, -0.05) is 0 Å². The molecule has 4 nitrogen and oxygen atoms in total. The Labute approximate surface area is 127 Å². The molecule has 1 aromatic heterocycles. The third-order valence-corrected chi connectivity index (χ3v) is 4.38. The highest BCUT2D eigenvalue weighted by Crippen LogP contribution is 2.32. The summed E-state index contributed by atoms with van der Waals surface area (Å²) in [5.74, 6) is 0. The van der Waals surface area contributed by atoms with Gasteiger partial charge in [-0.15, -0.1) is 0 Å². The van der Waals surface area contributed by atoms with E-state index in [1.54, 1.807) is 0 Å². The zero-order valence-corrected chi connectivity index (χ0v) is 13.1. The van der Waals surface area contributed by atoms with Gasteiger partial charge in [0.2, 0.25) is 0 Å². The maximum absolute atomic E-state index is 6.07. The first-order valence-corrected chi connectivity index (χ1v) is 7.60. The predicted octanol–water partition coefficient (Wildman–Crippen LogP) is 3.19. The van der Waals surface area contributed by atoms with Crippen LogP contribution in [0.25, 0.3) is 10.9 Å². The predicted molar refractivity (Wildman–Crippen MR) is 86.1 cm³/mol. The van der Waals surface area contributed by atoms with Crippen molar-refractivity contribution >= 4 is 38.2 Å². The van der Waals surface area contributed by atoms with Gasteiger partial charge in [-0.2, -0.15) is 0 Å². The van der Waals surface area contributed by atoms with Crippen molar-refractivity contribution in [3.63, 3.8) is 0 Å². The monoisotopic (exact) mass is 335 g/mol. The van der Waals surface area contributed by atoms with Gasteiger partial charge in [0, 0.05) is 48.0 Å². The average molecular weight is 336 g/mol. The highest BCUT2D eigenvalue weighted by Gasteiger charge is 2.21. The quantitative estimate of drug-likeness (QED) is 0.856. The number of hydrogen-bond acceptors (Lipinski definition) is 4. The van der Waals surface area contributed by atoms with Crippen LogP contribution >= 0.6 is 15.9 Å². The Kier molecular flexibility index (Phi) is 3.81. The molecule has 5 heteroatoms. The molecule has 106 valence electrons. The number of halogens is 1. The van der Waals surface area contributed by atoms with Crippen LogP contribution in [-0.2, 0) is 4.74 Å². The molecule has 0 radical (unpaired) electrons. The molecule has 0 spiro atoms. The van der Waals surface area contributed by atoms with Crippen LogP contribution in [0.3, 0.4) is 0 Å². The van der Waals surface area contributed by atoms with Crippen molar-refractivity contribution in [2.75, 3.05) is 30.9 Å². The lowest BCUT2D eigenvalue weighted by atomic mass is 10.1. The van der Waals surface area contributed by atoms with Crippen molar-refractivity contribution in [1.82, 2.24) is 4.98 Å². The standard InChI is InChI=1S/C15H18BrN3O/c1-19(11-4-6-20-7-5-11)14-3-2-13(17)12-8-10(16)9-18-15(12)14/h2-3,8-9,11H,4-7,17H2,1H3. The number of hydrogen-bond donors (Lipinski definition) is 1. The number of nitrogens with two attached hydrogens (primary N) is 1. The molecule has 3 rings (SSSR count). The molecule has 0 saturated carbocycles. The molecule has 2 N–H and O–H groups in total. The molecule has 1 aliphatic heterocycles. The second-order valence-electron chi connectivity index (χ2n) is 5.18. The number of anilines is 2. The minimum Gasteiger partial charge on any atom is -0.398 e. The summed E-state index contributed by atoms with van der Waals surface area (Å²) in [5.41, 5.74) is 8.93. The second-order valence-corrected chi connectivity index (χ2v) is 6.09. The van der Waals surface area contributed by atoms with Gasteiger partial charge in [-0.3, -0.25) is 4.98 Å². The number of nitrogens with zero attached hydrogens (tertiary/aromatic N) is 2. The van der Waals surface area contributed by atoms with Crippen LogP contribution in [0.15, 0.2) is 28.9 Å². The van der Waals surface area contributed by atoms with Crippen LogP contribution in [0.4, 0.5) is 11.4 Å². The molecule has 20 heavy (non-hydrogen) atoms. The van der Waals surface area contributed by atoms with Crippen molar-refractivity contribution in [1.29, 1.82) is 0 Å². The first kappa shape index (κ1) is 13.6. The van der Waals surface area contributed by atoms with Crippen LogP contribution in [0.2, 0.25) is 0 Å². The minimum absolute atomic E-state index is 0.501. The highest BCUT2D eigenvalue weighted by atomic mass is 79.9. The van der Waals surface area contributed by atoms with Crippen molar-refractivity contribution in [2.45, 2.75) is 18.9 Å². The second kappa shape index (κ2) is 5.58. The van der Waals surface area contributed by atoms with E-state index in [9.17, 15) is 0 Å². The molecular formula is C15H18BrN3O. The van der Waals surface area contributed by atoms with Gasteiger partial charge in [-0.05, 0) is 47.0 Å². The lowest BCUT2D eigenvalue weighted by Gasteiger charge is -2.33. The maximum atomic E-state index is 6.07. The molecule has 0 unspecified atom stereocenters. The number of ether oxygens (including phenoxy) is 1. The average Bonchev–Trinajstić information content (AvgIpc) is 2.48. The van der Waals surface area contributed by atoms with Gasteiger partial charge in [-0.25, -0.2) is 0 Å². The number of aromatic nitrogens is 1. The fourth-order valence-electron chi connectivity index (χ4n) is 2.75. The van der Waals surface area contributed by atoms with E-state index < -0.39 is 0 Å². The summed E-state index contributed by atoms with van der Waals surface area (Å²) in [4.78, 5) is 6.87. The summed E-state index contributed by atoms with van der Waals surface area (Å²) >= 11 is 3.46. The molecule has 0 atom stereocenters. The van der Waals surface area contributed by atoms with Crippen LogP contribution in [0.5, 0.6) is 0 Å². The first-order chi connectivity index (χ1) is 9.66. The van der Waals surface area contributed by atoms with Crippen molar-refractivity contribution in [2.24, 2.45) is 0 Å². The van der Waals surface area contributed by atoms with Crippen LogP contribution in [-0.4, -0.2) is 31.3 Å². The zero-order chi connectivity index (χ0) is 14.1. The van der Waals surface area contributed by atoms with E-state index in [1.807, 2.05) is 18.3 Å². The lowest BCUT2D eigenvalue weighted by molar-refractivity contribution is 0.0855. The molecule has 1 aliphatic rings. The van der Waals surface area contributed by atoms with E-state index in [0.29, 0.717) is 6.04 Å². The Morgan fingerprint density at radius 1 is 1.35 bits per heavy atom. The molecule has 0 aliphatic carbocycles. The smallest absolute Gasteiger partial charge is 0.0956 e. The molecule has 1 saturated heterocycles. The molecule has 1 fully saturated rings. The summed E-state index contributed by atoms with van der Waals surface area (Å²) in [6, 6.07) is 6.55. The summed E-state index contributed by atoms with van der Waals surface area (Å²) in [5, 5.41) is 0.996.